The predicted molar refractivity (Wildman–Crippen MR) is 92.7 cm³/mol. The number of para-hydroxylation sites is 1. The zero-order chi connectivity index (χ0) is 17.4. The van der Waals surface area contributed by atoms with E-state index < -0.39 is 0 Å². The lowest BCUT2D eigenvalue weighted by molar-refractivity contribution is 0.0774. The van der Waals surface area contributed by atoms with Gasteiger partial charge in [-0.15, -0.1) is 0 Å². The third kappa shape index (κ3) is 2.95. The van der Waals surface area contributed by atoms with Crippen molar-refractivity contribution < 1.29 is 14.1 Å². The molecule has 25 heavy (non-hydrogen) atoms. The van der Waals surface area contributed by atoms with Gasteiger partial charge in [0.25, 0.3) is 11.6 Å². The quantitative estimate of drug-likeness (QED) is 0.734. The predicted octanol–water partition coefficient (Wildman–Crippen LogP) is 3.13. The Morgan fingerprint density at radius 3 is 2.88 bits per heavy atom. The van der Waals surface area contributed by atoms with Crippen LogP contribution in [0.5, 0.6) is 5.75 Å². The van der Waals surface area contributed by atoms with E-state index in [1.54, 1.807) is 6.07 Å². The molecule has 0 aliphatic carbocycles. The number of fused-ring (bicyclic) bond motifs is 1. The number of likely N-dealkylation sites (tertiary alicyclic amines) is 1. The van der Waals surface area contributed by atoms with E-state index in [1.165, 1.54) is 0 Å². The van der Waals surface area contributed by atoms with Crippen molar-refractivity contribution in [3.63, 3.8) is 0 Å². The average molecular weight is 337 g/mol. The van der Waals surface area contributed by atoms with Gasteiger partial charge in [-0.05, 0) is 32.0 Å². The van der Waals surface area contributed by atoms with Crippen LogP contribution in [0.15, 0.2) is 40.9 Å². The van der Waals surface area contributed by atoms with E-state index in [2.05, 4.69) is 10.1 Å². The van der Waals surface area contributed by atoms with Gasteiger partial charge < -0.3 is 14.2 Å². The molecule has 3 aromatic rings. The standard InChI is InChI=1S/C19H19N3O3/c1-12-10-16(17-13(2)21-25-18(17)20-12)19(23)22-9-8-15(11-22)24-14-6-4-3-5-7-14/h3-7,10,15H,8-9,11H2,1-2H3/t15-/m0/s1. The molecule has 1 aliphatic heterocycles. The second-order valence-corrected chi connectivity index (χ2v) is 6.35. The van der Waals surface area contributed by atoms with Crippen molar-refractivity contribution in [2.24, 2.45) is 0 Å². The highest BCUT2D eigenvalue weighted by Crippen LogP contribution is 2.25. The van der Waals surface area contributed by atoms with Crippen LogP contribution in [0.2, 0.25) is 0 Å². The Kier molecular flexibility index (Phi) is 3.87. The maximum Gasteiger partial charge on any atom is 0.258 e. The Morgan fingerprint density at radius 1 is 1.28 bits per heavy atom. The average Bonchev–Trinajstić information content (AvgIpc) is 3.22. The van der Waals surface area contributed by atoms with E-state index in [0.29, 0.717) is 35.4 Å². The van der Waals surface area contributed by atoms with Crippen molar-refractivity contribution in [1.29, 1.82) is 0 Å². The van der Waals surface area contributed by atoms with Crippen molar-refractivity contribution in [2.75, 3.05) is 13.1 Å². The molecular formula is C19H19N3O3. The molecule has 0 bridgehead atoms. The number of ether oxygens (including phenoxy) is 1. The van der Waals surface area contributed by atoms with E-state index in [0.717, 1.165) is 17.9 Å². The van der Waals surface area contributed by atoms with Gasteiger partial charge in [0.2, 0.25) is 0 Å². The topological polar surface area (TPSA) is 68.5 Å². The Hall–Kier alpha value is -2.89. The molecule has 4 rings (SSSR count). The summed E-state index contributed by atoms with van der Waals surface area (Å²) in [4.78, 5) is 19.2. The third-order valence-corrected chi connectivity index (χ3v) is 4.45. The van der Waals surface area contributed by atoms with Crippen LogP contribution < -0.4 is 4.74 Å². The van der Waals surface area contributed by atoms with E-state index in [-0.39, 0.29) is 12.0 Å². The SMILES string of the molecule is Cc1cc(C(=O)N2CC[C@H](Oc3ccccc3)C2)c2c(C)noc2n1. The number of pyridine rings is 1. The monoisotopic (exact) mass is 337 g/mol. The number of aryl methyl sites for hydroxylation is 2. The zero-order valence-electron chi connectivity index (χ0n) is 14.2. The van der Waals surface area contributed by atoms with Gasteiger partial charge in [0.1, 0.15) is 11.9 Å². The summed E-state index contributed by atoms with van der Waals surface area (Å²) >= 11 is 0. The van der Waals surface area contributed by atoms with Gasteiger partial charge in [-0.25, -0.2) is 4.98 Å². The summed E-state index contributed by atoms with van der Waals surface area (Å²) in [5.41, 5.74) is 2.43. The minimum atomic E-state index is -0.0269. The summed E-state index contributed by atoms with van der Waals surface area (Å²) < 4.78 is 11.2. The van der Waals surface area contributed by atoms with Gasteiger partial charge in [-0.2, -0.15) is 0 Å². The van der Waals surface area contributed by atoms with Crippen LogP contribution >= 0.6 is 0 Å². The van der Waals surface area contributed by atoms with E-state index in [1.807, 2.05) is 49.1 Å². The van der Waals surface area contributed by atoms with E-state index in [4.69, 9.17) is 9.26 Å². The van der Waals surface area contributed by atoms with Crippen molar-refractivity contribution >= 4 is 17.0 Å². The molecule has 0 radical (unpaired) electrons. The molecule has 1 aromatic carbocycles. The molecule has 6 nitrogen and oxygen atoms in total. The lowest BCUT2D eigenvalue weighted by Crippen LogP contribution is -2.31. The second-order valence-electron chi connectivity index (χ2n) is 6.35. The minimum Gasteiger partial charge on any atom is -0.489 e. The highest BCUT2D eigenvalue weighted by molar-refractivity contribution is 6.06. The van der Waals surface area contributed by atoms with Crippen LogP contribution in [0.4, 0.5) is 0 Å². The van der Waals surface area contributed by atoms with Crippen LogP contribution in [0.1, 0.15) is 28.2 Å². The van der Waals surface area contributed by atoms with Crippen molar-refractivity contribution in [1.82, 2.24) is 15.0 Å². The van der Waals surface area contributed by atoms with Gasteiger partial charge >= 0.3 is 0 Å². The fourth-order valence-corrected chi connectivity index (χ4v) is 3.26. The Bertz CT molecular complexity index is 920. The Balaban J connectivity index is 1.55. The normalized spacial score (nSPS) is 17.2. The highest BCUT2D eigenvalue weighted by Gasteiger charge is 2.30. The number of nitrogens with zero attached hydrogens (tertiary/aromatic N) is 3. The van der Waals surface area contributed by atoms with E-state index in [9.17, 15) is 4.79 Å². The molecular weight excluding hydrogens is 318 g/mol. The summed E-state index contributed by atoms with van der Waals surface area (Å²) in [6.45, 7) is 4.91. The summed E-state index contributed by atoms with van der Waals surface area (Å²) in [7, 11) is 0. The molecule has 0 spiro atoms. The van der Waals surface area contributed by atoms with Crippen LogP contribution in [0.25, 0.3) is 11.1 Å². The number of rotatable bonds is 3. The molecule has 3 heterocycles. The fraction of sp³-hybridized carbons (Fsp3) is 0.316. The minimum absolute atomic E-state index is 0.00773. The summed E-state index contributed by atoms with van der Waals surface area (Å²) in [6.07, 6.45) is 0.824. The first-order valence-corrected chi connectivity index (χ1v) is 8.36. The summed E-state index contributed by atoms with van der Waals surface area (Å²) in [5, 5.41) is 4.64. The van der Waals surface area contributed by atoms with Crippen LogP contribution in [0.3, 0.4) is 0 Å². The van der Waals surface area contributed by atoms with Crippen LogP contribution in [-0.4, -0.2) is 40.1 Å². The number of carbonyl (C=O) groups excluding carboxylic acids is 1. The first-order valence-electron chi connectivity index (χ1n) is 8.36. The Morgan fingerprint density at radius 2 is 2.08 bits per heavy atom. The number of benzene rings is 1. The molecule has 1 saturated heterocycles. The fourth-order valence-electron chi connectivity index (χ4n) is 3.26. The number of hydrogen-bond acceptors (Lipinski definition) is 5. The first-order chi connectivity index (χ1) is 12.1. The Labute approximate surface area is 145 Å². The lowest BCUT2D eigenvalue weighted by Gasteiger charge is -2.18. The number of aromatic nitrogens is 2. The molecule has 1 atom stereocenters. The molecule has 1 amide bonds. The van der Waals surface area contributed by atoms with Gasteiger partial charge in [-0.3, -0.25) is 4.79 Å². The second kappa shape index (κ2) is 6.20. The van der Waals surface area contributed by atoms with E-state index >= 15 is 0 Å². The number of amides is 1. The molecule has 0 N–H and O–H groups in total. The van der Waals surface area contributed by atoms with Crippen LogP contribution in [0, 0.1) is 13.8 Å². The zero-order valence-corrected chi connectivity index (χ0v) is 14.2. The molecule has 128 valence electrons. The van der Waals surface area contributed by atoms with Gasteiger partial charge in [0, 0.05) is 18.7 Å². The lowest BCUT2D eigenvalue weighted by atomic mass is 10.1. The first kappa shape index (κ1) is 15.6. The molecule has 2 aromatic heterocycles. The summed E-state index contributed by atoms with van der Waals surface area (Å²) in [6, 6.07) is 11.5. The third-order valence-electron chi connectivity index (χ3n) is 4.45. The molecule has 1 fully saturated rings. The molecule has 6 heteroatoms. The largest absolute Gasteiger partial charge is 0.489 e. The molecule has 0 saturated carbocycles. The van der Waals surface area contributed by atoms with Crippen molar-refractivity contribution in [3.05, 3.63) is 53.3 Å². The molecule has 1 aliphatic rings. The van der Waals surface area contributed by atoms with Gasteiger partial charge in [0.05, 0.1) is 23.2 Å². The maximum atomic E-state index is 13.0. The number of hydrogen-bond donors (Lipinski definition) is 0. The highest BCUT2D eigenvalue weighted by atomic mass is 16.5. The summed E-state index contributed by atoms with van der Waals surface area (Å²) in [5.74, 6) is 0.805. The van der Waals surface area contributed by atoms with Crippen LogP contribution in [-0.2, 0) is 0 Å². The maximum absolute atomic E-state index is 13.0. The van der Waals surface area contributed by atoms with Crippen molar-refractivity contribution in [3.8, 4) is 5.75 Å². The smallest absolute Gasteiger partial charge is 0.258 e. The van der Waals surface area contributed by atoms with Gasteiger partial charge in [0.15, 0.2) is 0 Å². The van der Waals surface area contributed by atoms with Gasteiger partial charge in [-0.1, -0.05) is 23.4 Å². The van der Waals surface area contributed by atoms with Crippen molar-refractivity contribution in [2.45, 2.75) is 26.4 Å². The molecule has 0 unspecified atom stereocenters. The number of carbonyl (C=O) groups is 1.